The Balaban J connectivity index is 1.67. The highest BCUT2D eigenvalue weighted by molar-refractivity contribution is 7.89. The number of amides is 1. The molecule has 34 heavy (non-hydrogen) atoms. The van der Waals surface area contributed by atoms with E-state index < -0.39 is 22.0 Å². The van der Waals surface area contributed by atoms with Crippen molar-refractivity contribution < 1.29 is 17.9 Å². The number of hydrogen-bond donors (Lipinski definition) is 3. The number of rotatable bonds is 8. The molecule has 0 heterocycles. The number of carbonyl (C=O) groups is 1. The zero-order chi connectivity index (χ0) is 24.9. The molecule has 2 aliphatic carbocycles. The molecule has 1 unspecified atom stereocenters. The molecule has 2 bridgehead atoms. The zero-order valence-corrected chi connectivity index (χ0v) is 21.5. The van der Waals surface area contributed by atoms with Crippen molar-refractivity contribution in [2.45, 2.75) is 57.0 Å². The molecule has 184 valence electrons. The van der Waals surface area contributed by atoms with Gasteiger partial charge in [0.2, 0.25) is 15.9 Å². The van der Waals surface area contributed by atoms with Gasteiger partial charge < -0.3 is 15.8 Å². The van der Waals surface area contributed by atoms with E-state index in [4.69, 9.17) is 22.1 Å². The molecule has 4 rings (SSSR count). The summed E-state index contributed by atoms with van der Waals surface area (Å²) in [5.41, 5.74) is 6.35. The zero-order valence-electron chi connectivity index (χ0n) is 19.9. The molecule has 2 aliphatic rings. The lowest BCUT2D eigenvalue weighted by molar-refractivity contribution is -0.118. The molecule has 7 nitrogen and oxygen atoms in total. The minimum absolute atomic E-state index is 0.0615. The SMILES string of the molecule is COc1ccc(Cl)cc1C(Nc1ccccc1S(=O)(=O)N[C@H]1C[C@H]2CC[C@]1(C)C2(C)C)C(N)=O. The van der Waals surface area contributed by atoms with E-state index in [1.54, 1.807) is 36.4 Å². The van der Waals surface area contributed by atoms with Crippen LogP contribution in [-0.4, -0.2) is 27.5 Å². The predicted molar refractivity (Wildman–Crippen MR) is 133 cm³/mol. The molecule has 0 aromatic heterocycles. The highest BCUT2D eigenvalue weighted by atomic mass is 35.5. The van der Waals surface area contributed by atoms with Crippen LogP contribution in [0.1, 0.15) is 51.6 Å². The summed E-state index contributed by atoms with van der Waals surface area (Å²) >= 11 is 6.15. The molecule has 1 amide bonds. The van der Waals surface area contributed by atoms with Crippen LogP contribution in [0.4, 0.5) is 5.69 Å². The summed E-state index contributed by atoms with van der Waals surface area (Å²) in [6, 6.07) is 10.2. The Bertz CT molecular complexity index is 1220. The molecule has 2 aromatic rings. The molecule has 4 N–H and O–H groups in total. The van der Waals surface area contributed by atoms with E-state index in [1.807, 2.05) is 0 Å². The smallest absolute Gasteiger partial charge is 0.244 e. The molecular weight excluding hydrogens is 474 g/mol. The van der Waals surface area contributed by atoms with Crippen molar-refractivity contribution in [3.8, 4) is 5.75 Å². The number of hydrogen-bond acceptors (Lipinski definition) is 5. The fraction of sp³-hybridized carbons (Fsp3) is 0.480. The third kappa shape index (κ3) is 4.06. The molecule has 2 saturated carbocycles. The topological polar surface area (TPSA) is 111 Å². The van der Waals surface area contributed by atoms with E-state index in [0.29, 0.717) is 22.3 Å². The maximum Gasteiger partial charge on any atom is 0.244 e. The van der Waals surface area contributed by atoms with Crippen molar-refractivity contribution in [1.82, 2.24) is 4.72 Å². The van der Waals surface area contributed by atoms with Gasteiger partial charge in [0.25, 0.3) is 0 Å². The molecule has 0 spiro atoms. The summed E-state index contributed by atoms with van der Waals surface area (Å²) < 4.78 is 35.5. The lowest BCUT2D eigenvalue weighted by Crippen LogP contribution is -2.46. The Kier molecular flexibility index (Phi) is 6.38. The van der Waals surface area contributed by atoms with Gasteiger partial charge in [0.05, 0.1) is 12.8 Å². The van der Waals surface area contributed by atoms with Crippen molar-refractivity contribution >= 4 is 33.2 Å². The van der Waals surface area contributed by atoms with E-state index >= 15 is 0 Å². The summed E-state index contributed by atoms with van der Waals surface area (Å²) in [6.07, 6.45) is 2.94. The first-order chi connectivity index (χ1) is 15.9. The number of methoxy groups -OCH3 is 1. The van der Waals surface area contributed by atoms with E-state index in [1.165, 1.54) is 13.2 Å². The fourth-order valence-electron chi connectivity index (χ4n) is 5.84. The van der Waals surface area contributed by atoms with Crippen LogP contribution < -0.4 is 20.5 Å². The first kappa shape index (κ1) is 24.8. The molecule has 0 aliphatic heterocycles. The normalized spacial score (nSPS) is 26.3. The van der Waals surface area contributed by atoms with Crippen LogP contribution in [0, 0.1) is 16.7 Å². The van der Waals surface area contributed by atoms with Crippen LogP contribution >= 0.6 is 11.6 Å². The largest absolute Gasteiger partial charge is 0.496 e. The first-order valence-electron chi connectivity index (χ1n) is 11.4. The van der Waals surface area contributed by atoms with Gasteiger partial charge in [-0.1, -0.05) is 44.5 Å². The summed E-state index contributed by atoms with van der Waals surface area (Å²) in [5, 5.41) is 3.43. The van der Waals surface area contributed by atoms with Crippen LogP contribution in [0.3, 0.4) is 0 Å². The number of primary amides is 1. The third-order valence-electron chi connectivity index (χ3n) is 8.36. The minimum atomic E-state index is -3.88. The molecule has 0 radical (unpaired) electrons. The molecular formula is C25H32ClN3O4S. The number of para-hydroxylation sites is 1. The number of benzene rings is 2. The fourth-order valence-corrected chi connectivity index (χ4v) is 7.55. The second-order valence-electron chi connectivity index (χ2n) is 10.1. The second-order valence-corrected chi connectivity index (χ2v) is 12.3. The van der Waals surface area contributed by atoms with Crippen LogP contribution in [0.5, 0.6) is 5.75 Å². The van der Waals surface area contributed by atoms with Crippen molar-refractivity contribution in [1.29, 1.82) is 0 Å². The molecule has 0 saturated heterocycles. The summed E-state index contributed by atoms with van der Waals surface area (Å²) in [6.45, 7) is 6.67. The van der Waals surface area contributed by atoms with Gasteiger partial charge in [-0.3, -0.25) is 4.79 Å². The lowest BCUT2D eigenvalue weighted by Gasteiger charge is -2.39. The maximum atomic E-state index is 13.6. The first-order valence-corrected chi connectivity index (χ1v) is 13.3. The molecule has 4 atom stereocenters. The number of nitrogens with two attached hydrogens (primary N) is 1. The van der Waals surface area contributed by atoms with Gasteiger partial charge in [0.15, 0.2) is 0 Å². The van der Waals surface area contributed by atoms with E-state index in [9.17, 15) is 13.2 Å². The van der Waals surface area contributed by atoms with Gasteiger partial charge in [0, 0.05) is 16.6 Å². The number of carbonyl (C=O) groups excluding carboxylic acids is 1. The predicted octanol–water partition coefficient (Wildman–Crippen LogP) is 4.48. The quantitative estimate of drug-likeness (QED) is 0.490. The second kappa shape index (κ2) is 8.73. The van der Waals surface area contributed by atoms with Crippen molar-refractivity contribution in [3.05, 3.63) is 53.1 Å². The van der Waals surface area contributed by atoms with E-state index in [0.717, 1.165) is 19.3 Å². The van der Waals surface area contributed by atoms with Gasteiger partial charge in [-0.2, -0.15) is 0 Å². The Morgan fingerprint density at radius 1 is 1.21 bits per heavy atom. The van der Waals surface area contributed by atoms with Crippen molar-refractivity contribution in [3.63, 3.8) is 0 Å². The van der Waals surface area contributed by atoms with Crippen LogP contribution in [-0.2, 0) is 14.8 Å². The Morgan fingerprint density at radius 2 is 1.91 bits per heavy atom. The van der Waals surface area contributed by atoms with Gasteiger partial charge in [-0.25, -0.2) is 13.1 Å². The van der Waals surface area contributed by atoms with E-state index in [-0.39, 0.29) is 27.5 Å². The minimum Gasteiger partial charge on any atom is -0.496 e. The third-order valence-corrected chi connectivity index (χ3v) is 10.1. The van der Waals surface area contributed by atoms with Crippen molar-refractivity contribution in [2.75, 3.05) is 12.4 Å². The van der Waals surface area contributed by atoms with E-state index in [2.05, 4.69) is 30.8 Å². The highest BCUT2D eigenvalue weighted by Crippen LogP contribution is 2.65. The van der Waals surface area contributed by atoms with Crippen LogP contribution in [0.2, 0.25) is 5.02 Å². The molecule has 9 heteroatoms. The monoisotopic (exact) mass is 505 g/mol. The standard InChI is InChI=1S/C25H32ClN3O4S/c1-24(2)15-11-12-25(24,3)21(13-15)29-34(31,32)20-8-6-5-7-18(20)28-22(23(27)30)17-14-16(26)9-10-19(17)33-4/h5-10,14-15,21-22,28-29H,11-13H2,1-4H3,(H2,27,30)/t15-,21+,22?,25+/m1/s1. The van der Waals surface area contributed by atoms with Gasteiger partial charge in [-0.05, 0) is 66.3 Å². The Hall–Kier alpha value is -2.29. The van der Waals surface area contributed by atoms with Crippen LogP contribution in [0.15, 0.2) is 47.4 Å². The number of ether oxygens (including phenoxy) is 1. The van der Waals surface area contributed by atoms with Crippen molar-refractivity contribution in [2.24, 2.45) is 22.5 Å². The summed E-state index contributed by atoms with van der Waals surface area (Å²) in [5.74, 6) is 0.215. The molecule has 2 fully saturated rings. The van der Waals surface area contributed by atoms with Gasteiger partial charge in [-0.15, -0.1) is 0 Å². The van der Waals surface area contributed by atoms with Gasteiger partial charge >= 0.3 is 0 Å². The number of fused-ring (bicyclic) bond motifs is 2. The highest BCUT2D eigenvalue weighted by Gasteiger charge is 2.62. The number of halogens is 1. The van der Waals surface area contributed by atoms with Gasteiger partial charge in [0.1, 0.15) is 16.7 Å². The number of sulfonamides is 1. The molecule has 2 aromatic carbocycles. The van der Waals surface area contributed by atoms with Crippen LogP contribution in [0.25, 0.3) is 0 Å². The Labute approximate surface area is 206 Å². The number of anilines is 1. The average Bonchev–Trinajstić information content (AvgIpc) is 3.10. The number of nitrogens with one attached hydrogen (secondary N) is 2. The average molecular weight is 506 g/mol. The summed E-state index contributed by atoms with van der Waals surface area (Å²) in [4.78, 5) is 12.5. The summed E-state index contributed by atoms with van der Waals surface area (Å²) in [7, 11) is -2.41. The Morgan fingerprint density at radius 3 is 2.50 bits per heavy atom. The maximum absolute atomic E-state index is 13.6. The lowest BCUT2D eigenvalue weighted by atomic mass is 9.69.